The van der Waals surface area contributed by atoms with Crippen LogP contribution in [0.1, 0.15) is 62.1 Å². The lowest BCUT2D eigenvalue weighted by molar-refractivity contribution is 0.0686. The maximum atomic E-state index is 13.2. The van der Waals surface area contributed by atoms with Crippen LogP contribution in [-0.4, -0.2) is 66.5 Å². The van der Waals surface area contributed by atoms with E-state index in [-0.39, 0.29) is 100 Å². The highest BCUT2D eigenvalue weighted by atomic mass is 16.4. The number of hydrogen-bond donors (Lipinski definition) is 6. The van der Waals surface area contributed by atoms with Gasteiger partial charge in [-0.25, -0.2) is 28.8 Å². The van der Waals surface area contributed by atoms with E-state index < -0.39 is 35.8 Å². The molecule has 0 radical (unpaired) electrons. The van der Waals surface area contributed by atoms with Gasteiger partial charge in [-0.15, -0.1) is 0 Å². The van der Waals surface area contributed by atoms with Crippen LogP contribution in [0.4, 0.5) is 0 Å². The van der Waals surface area contributed by atoms with Gasteiger partial charge in [0.25, 0.3) is 0 Å². The summed E-state index contributed by atoms with van der Waals surface area (Å²) in [5.41, 5.74) is -3.23. The Morgan fingerprint density at radius 3 is 0.450 bits per heavy atom. The van der Waals surface area contributed by atoms with Gasteiger partial charge in [0.15, 0.2) is 0 Å². The number of carboxylic acid groups (broad SMARTS) is 6. The molecule has 0 heterocycles. The van der Waals surface area contributed by atoms with E-state index >= 15 is 0 Å². The molecule has 0 aliphatic rings. The minimum Gasteiger partial charge on any atom is -0.478 e. The normalized spacial score (nSPS) is 10.8. The summed E-state index contributed by atoms with van der Waals surface area (Å²) in [6.45, 7) is 0. The Morgan fingerprint density at radius 2 is 0.333 bits per heavy atom. The van der Waals surface area contributed by atoms with Gasteiger partial charge < -0.3 is 30.6 Å². The predicted molar refractivity (Wildman–Crippen MR) is 221 cm³/mol. The molecule has 0 fully saturated rings. The van der Waals surface area contributed by atoms with Crippen molar-refractivity contribution in [1.29, 1.82) is 0 Å². The predicted octanol–water partition coefficient (Wildman–Crippen LogP) is 9.88. The van der Waals surface area contributed by atoms with Gasteiger partial charge in [0.1, 0.15) is 0 Å². The van der Waals surface area contributed by atoms with Gasteiger partial charge in [0.05, 0.1) is 33.4 Å². The Morgan fingerprint density at radius 1 is 0.217 bits per heavy atom. The van der Waals surface area contributed by atoms with E-state index in [1.165, 1.54) is 146 Å². The van der Waals surface area contributed by atoms with Crippen LogP contribution < -0.4 is 0 Å². The summed E-state index contributed by atoms with van der Waals surface area (Å²) in [7, 11) is 0. The van der Waals surface area contributed by atoms with Gasteiger partial charge >= 0.3 is 35.8 Å². The monoisotopic (exact) mass is 798 g/mol. The molecule has 60 heavy (non-hydrogen) atoms. The SMILES string of the molecule is O=C(O)c1ccccc1-c1c(-c2ccccc2C(=O)O)c(-c2ccccc2C(=O)O)c(-c2ccccc2C(=O)O)c(-c2ccccc2C(=O)O)c1-c1ccccc1C(=O)O. The quantitative estimate of drug-likeness (QED) is 0.0679. The molecule has 0 amide bonds. The van der Waals surface area contributed by atoms with Crippen molar-refractivity contribution < 1.29 is 59.4 Å². The molecule has 0 atom stereocenters. The van der Waals surface area contributed by atoms with Crippen molar-refractivity contribution >= 4 is 35.8 Å². The van der Waals surface area contributed by atoms with Crippen molar-refractivity contribution in [3.05, 3.63) is 179 Å². The maximum Gasteiger partial charge on any atom is 0.336 e. The van der Waals surface area contributed by atoms with Gasteiger partial charge in [-0.1, -0.05) is 109 Å². The topological polar surface area (TPSA) is 224 Å². The van der Waals surface area contributed by atoms with Crippen LogP contribution in [-0.2, 0) is 0 Å². The van der Waals surface area contributed by atoms with E-state index in [9.17, 15) is 59.4 Å². The Kier molecular flexibility index (Phi) is 10.6. The van der Waals surface area contributed by atoms with Crippen LogP contribution in [0.5, 0.6) is 0 Å². The number of rotatable bonds is 12. The molecule has 12 nitrogen and oxygen atoms in total. The summed E-state index contributed by atoms with van der Waals surface area (Å²) in [5.74, 6) is -8.66. The van der Waals surface area contributed by atoms with Gasteiger partial charge in [-0.2, -0.15) is 0 Å². The number of hydrogen-bond acceptors (Lipinski definition) is 6. The molecule has 6 N–H and O–H groups in total. The summed E-state index contributed by atoms with van der Waals surface area (Å²) in [6, 6.07) is 33.9. The summed E-state index contributed by atoms with van der Waals surface area (Å²) in [4.78, 5) is 79.4. The van der Waals surface area contributed by atoms with Crippen molar-refractivity contribution in [2.75, 3.05) is 0 Å². The van der Waals surface area contributed by atoms with E-state index in [1.54, 1.807) is 0 Å². The molecular weight excluding hydrogens is 769 g/mol. The number of carboxylic acids is 6. The summed E-state index contributed by atoms with van der Waals surface area (Å²) < 4.78 is 0. The van der Waals surface area contributed by atoms with Crippen LogP contribution in [0.2, 0.25) is 0 Å². The average molecular weight is 799 g/mol. The molecule has 0 aliphatic heterocycles. The summed E-state index contributed by atoms with van der Waals surface area (Å²) >= 11 is 0. The van der Waals surface area contributed by atoms with E-state index in [0.717, 1.165) is 0 Å². The molecule has 12 heteroatoms. The van der Waals surface area contributed by atoms with E-state index in [2.05, 4.69) is 0 Å². The second-order valence-corrected chi connectivity index (χ2v) is 13.4. The van der Waals surface area contributed by atoms with Crippen LogP contribution in [0.15, 0.2) is 146 Å². The molecular formula is C48H30O12. The third kappa shape index (κ3) is 6.90. The molecule has 0 aliphatic carbocycles. The first-order valence-corrected chi connectivity index (χ1v) is 18.0. The van der Waals surface area contributed by atoms with Gasteiger partial charge in [0.2, 0.25) is 0 Å². The highest BCUT2D eigenvalue weighted by Gasteiger charge is 2.36. The van der Waals surface area contributed by atoms with Crippen LogP contribution >= 0.6 is 0 Å². The van der Waals surface area contributed by atoms with Crippen molar-refractivity contribution in [3.8, 4) is 66.8 Å². The molecule has 0 unspecified atom stereocenters. The highest BCUT2D eigenvalue weighted by Crippen LogP contribution is 2.58. The lowest BCUT2D eigenvalue weighted by Gasteiger charge is -2.31. The second kappa shape index (κ2) is 16.1. The fourth-order valence-corrected chi connectivity index (χ4v) is 7.69. The number of carbonyl (C=O) groups is 6. The molecule has 0 saturated heterocycles. The zero-order chi connectivity index (χ0) is 42.8. The molecule has 7 aromatic carbocycles. The number of aromatic carboxylic acids is 6. The highest BCUT2D eigenvalue weighted by molar-refractivity contribution is 6.22. The van der Waals surface area contributed by atoms with E-state index in [1.807, 2.05) is 0 Å². The van der Waals surface area contributed by atoms with Crippen molar-refractivity contribution in [2.24, 2.45) is 0 Å². The largest absolute Gasteiger partial charge is 0.478 e. The molecule has 7 rings (SSSR count). The molecule has 0 aromatic heterocycles. The standard InChI is InChI=1S/C48H30O12/c49-43(50)31-19-7-1-13-25(31)37-38(26-14-2-8-20-32(26)44(51)52)40(28-16-4-10-22-34(28)46(55)56)42(30-18-6-12-24-36(30)48(59)60)41(29-17-5-11-23-35(29)47(57)58)39(37)27-15-3-9-21-33(27)45(53)54/h1-24H,(H,49,50)(H,51,52)(H,53,54)(H,55,56)(H,57,58)(H,59,60). The third-order valence-corrected chi connectivity index (χ3v) is 10.1. The molecule has 0 saturated carbocycles. The molecule has 0 spiro atoms. The minimum atomic E-state index is -1.44. The van der Waals surface area contributed by atoms with Crippen LogP contribution in [0.25, 0.3) is 66.8 Å². The maximum absolute atomic E-state index is 13.2. The van der Waals surface area contributed by atoms with Crippen molar-refractivity contribution in [3.63, 3.8) is 0 Å². The number of benzene rings is 7. The van der Waals surface area contributed by atoms with Crippen molar-refractivity contribution in [2.45, 2.75) is 0 Å². The van der Waals surface area contributed by atoms with Gasteiger partial charge in [0, 0.05) is 0 Å². The van der Waals surface area contributed by atoms with Gasteiger partial charge in [-0.3, -0.25) is 0 Å². The fourth-order valence-electron chi connectivity index (χ4n) is 7.69. The van der Waals surface area contributed by atoms with E-state index in [4.69, 9.17) is 0 Å². The first-order valence-electron chi connectivity index (χ1n) is 18.0. The smallest absolute Gasteiger partial charge is 0.336 e. The molecule has 0 bridgehead atoms. The minimum absolute atomic E-state index is 0.0865. The van der Waals surface area contributed by atoms with E-state index in [0.29, 0.717) is 0 Å². The lowest BCUT2D eigenvalue weighted by Crippen LogP contribution is -2.12. The Labute approximate surface area is 340 Å². The van der Waals surface area contributed by atoms with Crippen LogP contribution in [0.3, 0.4) is 0 Å². The summed E-state index contributed by atoms with van der Waals surface area (Å²) in [5, 5.41) is 64.6. The average Bonchev–Trinajstić information content (AvgIpc) is 3.25. The molecule has 294 valence electrons. The fraction of sp³-hybridized carbons (Fsp3) is 0. The first-order chi connectivity index (χ1) is 28.8. The molecule has 7 aromatic rings. The second-order valence-electron chi connectivity index (χ2n) is 13.4. The third-order valence-electron chi connectivity index (χ3n) is 10.1. The Bertz CT molecular complexity index is 2430. The summed E-state index contributed by atoms with van der Waals surface area (Å²) in [6.07, 6.45) is 0. The lowest BCUT2D eigenvalue weighted by atomic mass is 9.71. The zero-order valence-electron chi connectivity index (χ0n) is 31.0. The van der Waals surface area contributed by atoms with Gasteiger partial charge in [-0.05, 0) is 103 Å². The van der Waals surface area contributed by atoms with Crippen molar-refractivity contribution in [1.82, 2.24) is 0 Å². The first kappa shape index (κ1) is 39.6. The van der Waals surface area contributed by atoms with Crippen LogP contribution in [0, 0.1) is 0 Å². The zero-order valence-corrected chi connectivity index (χ0v) is 31.0. The Hall–Kier alpha value is -8.64. The Balaban J connectivity index is 2.03.